The summed E-state index contributed by atoms with van der Waals surface area (Å²) in [4.78, 5) is 11.5. The van der Waals surface area contributed by atoms with Gasteiger partial charge in [-0.1, -0.05) is 48.9 Å². The molecule has 0 amide bonds. The molecule has 0 aliphatic carbocycles. The number of aromatic nitrogens is 1. The van der Waals surface area contributed by atoms with Crippen LogP contribution in [0.1, 0.15) is 55.3 Å². The van der Waals surface area contributed by atoms with Crippen molar-refractivity contribution in [1.82, 2.24) is 20.5 Å². The number of pyridine rings is 1. The van der Waals surface area contributed by atoms with E-state index in [1.807, 2.05) is 24.5 Å². The minimum Gasteiger partial charge on any atom is -0.315 e. The van der Waals surface area contributed by atoms with Crippen LogP contribution < -0.4 is 10.6 Å². The molecule has 0 radical (unpaired) electrons. The van der Waals surface area contributed by atoms with Gasteiger partial charge in [-0.15, -0.1) is 0 Å². The van der Waals surface area contributed by atoms with Gasteiger partial charge in [-0.2, -0.15) is 0 Å². The van der Waals surface area contributed by atoms with Gasteiger partial charge in [0.1, 0.15) is 0 Å². The molecule has 1 aromatic carbocycles. The predicted octanol–water partition coefficient (Wildman–Crippen LogP) is 5.26. The molecule has 0 saturated carbocycles. The molecule has 0 fully saturated rings. The van der Waals surface area contributed by atoms with Gasteiger partial charge < -0.3 is 10.6 Å². The third-order valence-corrected chi connectivity index (χ3v) is 6.77. The monoisotopic (exact) mass is 471 g/mol. The van der Waals surface area contributed by atoms with Gasteiger partial charge in [-0.3, -0.25) is 14.9 Å². The minimum absolute atomic E-state index is 0.560. The summed E-state index contributed by atoms with van der Waals surface area (Å²) < 4.78 is 0. The molecule has 2 aromatic rings. The number of allylic oxidation sites excluding steroid dienone is 3. The molecule has 5 nitrogen and oxygen atoms in total. The molecule has 1 unspecified atom stereocenters. The molecule has 186 valence electrons. The highest BCUT2D eigenvalue weighted by Gasteiger charge is 2.12. The van der Waals surface area contributed by atoms with Gasteiger partial charge >= 0.3 is 0 Å². The topological polar surface area (TPSA) is 52.5 Å². The first kappa shape index (κ1) is 25.5. The Morgan fingerprint density at radius 2 is 1.94 bits per heavy atom. The maximum Gasteiger partial charge on any atom is 0.0541 e. The third kappa shape index (κ3) is 9.52. The summed E-state index contributed by atoms with van der Waals surface area (Å²) in [6.07, 6.45) is 17.9. The van der Waals surface area contributed by atoms with E-state index in [1.54, 1.807) is 0 Å². The summed E-state index contributed by atoms with van der Waals surface area (Å²) in [6, 6.07) is 15.1. The van der Waals surface area contributed by atoms with E-state index < -0.39 is 0 Å². The number of benzene rings is 1. The van der Waals surface area contributed by atoms with Crippen LogP contribution in [0.3, 0.4) is 0 Å². The standard InChI is InChI=1S/C30H41N5/c1-2-4-9-26-19-28(23-32-21-26)13-15-31-16-18-35(17-7-3-1)25-29-11-8-10-27(20-29)22-33-24-30-12-5-6-14-34-30/h4-6,8-12,14,20-21,23,28,31,33H,1-3,7,13,15-19,22,24-25H2/b9-4-. The van der Waals surface area contributed by atoms with Crippen molar-refractivity contribution in [3.8, 4) is 0 Å². The molecule has 2 aliphatic heterocycles. The zero-order valence-corrected chi connectivity index (χ0v) is 21.0. The molecule has 2 aliphatic rings. The Morgan fingerprint density at radius 3 is 2.89 bits per heavy atom. The second-order valence-corrected chi connectivity index (χ2v) is 9.78. The molecule has 1 aromatic heterocycles. The smallest absolute Gasteiger partial charge is 0.0541 e. The highest BCUT2D eigenvalue weighted by atomic mass is 15.1. The summed E-state index contributed by atoms with van der Waals surface area (Å²) >= 11 is 0. The number of fused-ring (bicyclic) bond motifs is 2. The van der Waals surface area contributed by atoms with Crippen LogP contribution in [0.25, 0.3) is 0 Å². The van der Waals surface area contributed by atoms with Crippen LogP contribution in [0.5, 0.6) is 0 Å². The molecular weight excluding hydrogens is 430 g/mol. The lowest BCUT2D eigenvalue weighted by atomic mass is 9.95. The number of aliphatic imine (C=N–C) groups is 1. The average molecular weight is 472 g/mol. The van der Waals surface area contributed by atoms with Crippen molar-refractivity contribution in [2.45, 2.75) is 58.2 Å². The Morgan fingerprint density at radius 1 is 0.971 bits per heavy atom. The molecule has 2 N–H and O–H groups in total. The van der Waals surface area contributed by atoms with E-state index in [0.717, 1.165) is 64.3 Å². The van der Waals surface area contributed by atoms with E-state index in [2.05, 4.69) is 74.2 Å². The molecule has 0 saturated heterocycles. The summed E-state index contributed by atoms with van der Waals surface area (Å²) in [5.74, 6) is 0.560. The summed E-state index contributed by atoms with van der Waals surface area (Å²) in [6.45, 7) is 7.01. The SMILES string of the molecule is C1=NC=C2/C=C\CCCCCN(Cc3cccc(CNCc4ccccn4)c3)CCNCCC1C2. The first-order chi connectivity index (χ1) is 17.3. The summed E-state index contributed by atoms with van der Waals surface area (Å²) in [5.41, 5.74) is 5.19. The molecule has 4 rings (SSSR count). The van der Waals surface area contributed by atoms with Gasteiger partial charge in [0.25, 0.3) is 0 Å². The predicted molar refractivity (Wildman–Crippen MR) is 146 cm³/mol. The van der Waals surface area contributed by atoms with Crippen LogP contribution in [0.4, 0.5) is 0 Å². The van der Waals surface area contributed by atoms with Crippen LogP contribution >= 0.6 is 0 Å². The van der Waals surface area contributed by atoms with E-state index in [0.29, 0.717) is 5.92 Å². The lowest BCUT2D eigenvalue weighted by Gasteiger charge is -2.23. The van der Waals surface area contributed by atoms with Crippen LogP contribution in [-0.4, -0.2) is 42.3 Å². The molecule has 3 heterocycles. The lowest BCUT2D eigenvalue weighted by molar-refractivity contribution is 0.258. The number of nitrogens with one attached hydrogen (secondary N) is 2. The van der Waals surface area contributed by atoms with Gasteiger partial charge in [0.15, 0.2) is 0 Å². The van der Waals surface area contributed by atoms with E-state index in [4.69, 9.17) is 0 Å². The highest BCUT2D eigenvalue weighted by molar-refractivity contribution is 5.64. The van der Waals surface area contributed by atoms with Gasteiger partial charge in [0.05, 0.1) is 5.69 Å². The van der Waals surface area contributed by atoms with Gasteiger partial charge in [-0.05, 0) is 79.9 Å². The second-order valence-electron chi connectivity index (χ2n) is 9.78. The maximum absolute atomic E-state index is 4.48. The Balaban J connectivity index is 1.27. The second kappa shape index (κ2) is 14.7. The fourth-order valence-corrected chi connectivity index (χ4v) is 4.82. The highest BCUT2D eigenvalue weighted by Crippen LogP contribution is 2.19. The Hall–Kier alpha value is -2.60. The number of nitrogens with zero attached hydrogens (tertiary/aromatic N) is 3. The van der Waals surface area contributed by atoms with Crippen molar-refractivity contribution in [2.75, 3.05) is 26.2 Å². The van der Waals surface area contributed by atoms with E-state index in [9.17, 15) is 0 Å². The quantitative estimate of drug-likeness (QED) is 0.604. The van der Waals surface area contributed by atoms with Crippen molar-refractivity contribution in [3.63, 3.8) is 0 Å². The number of rotatable bonds is 6. The first-order valence-corrected chi connectivity index (χ1v) is 13.4. The van der Waals surface area contributed by atoms with Crippen molar-refractivity contribution in [2.24, 2.45) is 10.9 Å². The zero-order chi connectivity index (χ0) is 24.0. The van der Waals surface area contributed by atoms with Crippen LogP contribution in [-0.2, 0) is 19.6 Å². The lowest BCUT2D eigenvalue weighted by Crippen LogP contribution is -2.33. The van der Waals surface area contributed by atoms with Gasteiger partial charge in [-0.25, -0.2) is 0 Å². The van der Waals surface area contributed by atoms with E-state index in [-0.39, 0.29) is 0 Å². The largest absolute Gasteiger partial charge is 0.315 e. The minimum atomic E-state index is 0.560. The van der Waals surface area contributed by atoms with Crippen LogP contribution in [0.2, 0.25) is 0 Å². The van der Waals surface area contributed by atoms with E-state index >= 15 is 0 Å². The van der Waals surface area contributed by atoms with Crippen LogP contribution in [0.15, 0.2) is 77.6 Å². The fourth-order valence-electron chi connectivity index (χ4n) is 4.82. The Bertz CT molecular complexity index is 966. The number of hydrogen-bond donors (Lipinski definition) is 2. The van der Waals surface area contributed by atoms with Crippen molar-refractivity contribution < 1.29 is 0 Å². The fraction of sp³-hybridized carbons (Fsp3) is 0.467. The molecular formula is C30H41N5. The summed E-state index contributed by atoms with van der Waals surface area (Å²) in [5, 5.41) is 7.21. The molecule has 1 atom stereocenters. The first-order valence-electron chi connectivity index (χ1n) is 13.4. The Labute approximate surface area is 211 Å². The van der Waals surface area contributed by atoms with Crippen molar-refractivity contribution >= 4 is 6.21 Å². The van der Waals surface area contributed by atoms with Crippen molar-refractivity contribution in [1.29, 1.82) is 0 Å². The van der Waals surface area contributed by atoms with Crippen LogP contribution in [0, 0.1) is 5.92 Å². The van der Waals surface area contributed by atoms with E-state index in [1.165, 1.54) is 42.4 Å². The normalized spacial score (nSPS) is 21.4. The average Bonchev–Trinajstić information content (AvgIpc) is 2.88. The third-order valence-electron chi connectivity index (χ3n) is 6.77. The number of hydrogen-bond acceptors (Lipinski definition) is 5. The van der Waals surface area contributed by atoms with Crippen molar-refractivity contribution in [3.05, 3.63) is 89.4 Å². The maximum atomic E-state index is 4.48. The molecule has 5 heteroatoms. The Kier molecular flexibility index (Phi) is 10.7. The molecule has 0 spiro atoms. The molecule has 35 heavy (non-hydrogen) atoms. The summed E-state index contributed by atoms with van der Waals surface area (Å²) in [7, 11) is 0. The van der Waals surface area contributed by atoms with Gasteiger partial charge in [0.2, 0.25) is 0 Å². The van der Waals surface area contributed by atoms with Gasteiger partial charge in [0, 0.05) is 51.3 Å². The molecule has 2 bridgehead atoms. The zero-order valence-electron chi connectivity index (χ0n) is 21.0.